The van der Waals surface area contributed by atoms with Crippen molar-refractivity contribution in [2.45, 2.75) is 38.6 Å². The lowest BCUT2D eigenvalue weighted by atomic mass is 9.97. The Labute approximate surface area is 93.3 Å². The molecule has 0 amide bonds. The van der Waals surface area contributed by atoms with Crippen LogP contribution in [0.1, 0.15) is 32.6 Å². The van der Waals surface area contributed by atoms with Crippen molar-refractivity contribution in [2.75, 3.05) is 6.54 Å². The third-order valence-electron chi connectivity index (χ3n) is 5.09. The van der Waals surface area contributed by atoms with Gasteiger partial charge in [-0.05, 0) is 61.8 Å². The first-order chi connectivity index (χ1) is 7.36. The summed E-state index contributed by atoms with van der Waals surface area (Å²) < 4.78 is 0. The summed E-state index contributed by atoms with van der Waals surface area (Å²) in [6, 6.07) is 0.614. The zero-order valence-electron chi connectivity index (χ0n) is 9.78. The van der Waals surface area contributed by atoms with Gasteiger partial charge in [0.05, 0.1) is 0 Å². The smallest absolute Gasteiger partial charge is 0.0281 e. The van der Waals surface area contributed by atoms with Crippen LogP contribution in [-0.4, -0.2) is 12.6 Å². The molecule has 0 aromatic heterocycles. The number of fused-ring (bicyclic) bond motifs is 5. The molecule has 3 rings (SSSR count). The second-order valence-corrected chi connectivity index (χ2v) is 5.78. The zero-order chi connectivity index (χ0) is 10.4. The molecule has 0 aromatic carbocycles. The predicted octanol–water partition coefficient (Wildman–Crippen LogP) is 2.83. The maximum Gasteiger partial charge on any atom is 0.0281 e. The Morgan fingerprint density at radius 1 is 1.33 bits per heavy atom. The summed E-state index contributed by atoms with van der Waals surface area (Å²) >= 11 is 0. The Morgan fingerprint density at radius 2 is 2.00 bits per heavy atom. The van der Waals surface area contributed by atoms with Crippen molar-refractivity contribution < 1.29 is 0 Å². The van der Waals surface area contributed by atoms with E-state index in [0.29, 0.717) is 6.04 Å². The molecule has 0 heterocycles. The third-order valence-corrected chi connectivity index (χ3v) is 5.09. The monoisotopic (exact) mass is 205 g/mol. The fraction of sp³-hybridized carbons (Fsp3) is 0.857. The van der Waals surface area contributed by atoms with Crippen molar-refractivity contribution in [2.24, 2.45) is 29.6 Å². The van der Waals surface area contributed by atoms with Crippen molar-refractivity contribution in [1.29, 1.82) is 0 Å². The van der Waals surface area contributed by atoms with Crippen LogP contribution in [0.15, 0.2) is 12.7 Å². The summed E-state index contributed by atoms with van der Waals surface area (Å²) in [5, 5.41) is 3.66. The van der Waals surface area contributed by atoms with Crippen LogP contribution in [0.3, 0.4) is 0 Å². The van der Waals surface area contributed by atoms with Crippen molar-refractivity contribution in [3.8, 4) is 0 Å². The highest BCUT2D eigenvalue weighted by Gasteiger charge is 2.66. The zero-order valence-corrected chi connectivity index (χ0v) is 9.78. The van der Waals surface area contributed by atoms with Crippen molar-refractivity contribution in [3.05, 3.63) is 12.7 Å². The van der Waals surface area contributed by atoms with E-state index >= 15 is 0 Å². The fourth-order valence-corrected chi connectivity index (χ4v) is 4.56. The maximum absolute atomic E-state index is 4.01. The molecule has 3 saturated carbocycles. The van der Waals surface area contributed by atoms with Crippen molar-refractivity contribution in [1.82, 2.24) is 5.32 Å². The van der Waals surface area contributed by atoms with E-state index in [4.69, 9.17) is 0 Å². The molecule has 1 heteroatoms. The van der Waals surface area contributed by atoms with E-state index in [1.165, 1.54) is 19.3 Å². The molecule has 0 saturated heterocycles. The van der Waals surface area contributed by atoms with E-state index in [1.54, 1.807) is 6.42 Å². The minimum Gasteiger partial charge on any atom is -0.310 e. The average molecular weight is 205 g/mol. The van der Waals surface area contributed by atoms with E-state index < -0.39 is 0 Å². The van der Waals surface area contributed by atoms with Gasteiger partial charge in [0, 0.05) is 6.04 Å². The Balaban J connectivity index is 1.62. The average Bonchev–Trinajstić information content (AvgIpc) is 2.70. The quantitative estimate of drug-likeness (QED) is 0.681. The minimum atomic E-state index is 0.614. The van der Waals surface area contributed by atoms with Gasteiger partial charge in [-0.25, -0.2) is 0 Å². The molecule has 5 atom stereocenters. The lowest BCUT2D eigenvalue weighted by molar-refractivity contribution is 0.402. The largest absolute Gasteiger partial charge is 0.310 e. The molecule has 3 aliphatic carbocycles. The second-order valence-electron chi connectivity index (χ2n) is 5.78. The summed E-state index contributed by atoms with van der Waals surface area (Å²) in [6.07, 6.45) is 8.01. The van der Waals surface area contributed by atoms with Crippen LogP contribution >= 0.6 is 0 Å². The highest BCUT2D eigenvalue weighted by Crippen LogP contribution is 2.70. The van der Waals surface area contributed by atoms with Gasteiger partial charge in [-0.3, -0.25) is 0 Å². The normalized spacial score (nSPS) is 47.7. The number of hydrogen-bond donors (Lipinski definition) is 1. The minimum absolute atomic E-state index is 0.614. The van der Waals surface area contributed by atoms with Gasteiger partial charge in [0.1, 0.15) is 0 Å². The second kappa shape index (κ2) is 3.62. The van der Waals surface area contributed by atoms with Crippen LogP contribution in [0.25, 0.3) is 0 Å². The predicted molar refractivity (Wildman–Crippen MR) is 63.6 cm³/mol. The fourth-order valence-electron chi connectivity index (χ4n) is 4.56. The first-order valence-corrected chi connectivity index (χ1v) is 6.72. The van der Waals surface area contributed by atoms with E-state index in [9.17, 15) is 0 Å². The molecular weight excluding hydrogens is 182 g/mol. The molecule has 15 heavy (non-hydrogen) atoms. The van der Waals surface area contributed by atoms with Crippen LogP contribution < -0.4 is 5.32 Å². The Kier molecular flexibility index (Phi) is 2.39. The lowest BCUT2D eigenvalue weighted by Gasteiger charge is -2.18. The van der Waals surface area contributed by atoms with E-state index in [1.807, 2.05) is 0 Å². The van der Waals surface area contributed by atoms with Gasteiger partial charge < -0.3 is 5.32 Å². The van der Waals surface area contributed by atoms with Gasteiger partial charge >= 0.3 is 0 Å². The first-order valence-electron chi connectivity index (χ1n) is 6.72. The lowest BCUT2D eigenvalue weighted by Crippen LogP contribution is -2.31. The third kappa shape index (κ3) is 1.39. The molecule has 0 radical (unpaired) electrons. The number of rotatable bonds is 5. The van der Waals surface area contributed by atoms with Crippen LogP contribution in [0.2, 0.25) is 0 Å². The Hall–Kier alpha value is -0.300. The molecule has 0 spiro atoms. The summed E-state index contributed by atoms with van der Waals surface area (Å²) in [4.78, 5) is 0. The standard InChI is InChI=1S/C14H23N/c1-3-7-15-11(4-2)14-12-9-5-6-10(8-9)13(12)14/h4,9-15H,2-3,5-8H2,1H3. The van der Waals surface area contributed by atoms with Crippen LogP contribution in [0, 0.1) is 29.6 Å². The molecular formula is C14H23N. The van der Waals surface area contributed by atoms with Crippen LogP contribution in [0.4, 0.5) is 0 Å². The summed E-state index contributed by atoms with van der Waals surface area (Å²) in [6.45, 7) is 7.41. The molecule has 1 N–H and O–H groups in total. The number of hydrogen-bond acceptors (Lipinski definition) is 1. The van der Waals surface area contributed by atoms with Gasteiger partial charge in [0.2, 0.25) is 0 Å². The van der Waals surface area contributed by atoms with Gasteiger partial charge in [0.15, 0.2) is 0 Å². The molecule has 5 unspecified atom stereocenters. The molecule has 1 nitrogen and oxygen atoms in total. The van der Waals surface area contributed by atoms with Crippen molar-refractivity contribution >= 4 is 0 Å². The maximum atomic E-state index is 4.01. The van der Waals surface area contributed by atoms with Crippen LogP contribution in [0.5, 0.6) is 0 Å². The molecule has 2 bridgehead atoms. The molecule has 0 aromatic rings. The van der Waals surface area contributed by atoms with E-state index in [0.717, 1.165) is 36.1 Å². The molecule has 3 fully saturated rings. The number of nitrogens with one attached hydrogen (secondary N) is 1. The van der Waals surface area contributed by atoms with Gasteiger partial charge in [-0.2, -0.15) is 0 Å². The van der Waals surface area contributed by atoms with Crippen LogP contribution in [-0.2, 0) is 0 Å². The first kappa shape index (κ1) is 9.89. The highest BCUT2D eigenvalue weighted by molar-refractivity contribution is 5.18. The molecule has 0 aliphatic heterocycles. The van der Waals surface area contributed by atoms with E-state index in [2.05, 4.69) is 24.9 Å². The summed E-state index contributed by atoms with van der Waals surface area (Å²) in [5.74, 6) is 5.30. The summed E-state index contributed by atoms with van der Waals surface area (Å²) in [5.41, 5.74) is 0. The molecule has 84 valence electrons. The van der Waals surface area contributed by atoms with Gasteiger partial charge in [0.25, 0.3) is 0 Å². The molecule has 3 aliphatic rings. The topological polar surface area (TPSA) is 12.0 Å². The van der Waals surface area contributed by atoms with Gasteiger partial charge in [-0.1, -0.05) is 13.0 Å². The summed E-state index contributed by atoms with van der Waals surface area (Å²) in [7, 11) is 0. The Morgan fingerprint density at radius 3 is 2.53 bits per heavy atom. The van der Waals surface area contributed by atoms with Gasteiger partial charge in [-0.15, -0.1) is 6.58 Å². The van der Waals surface area contributed by atoms with E-state index in [-0.39, 0.29) is 0 Å². The highest BCUT2D eigenvalue weighted by atomic mass is 14.9. The van der Waals surface area contributed by atoms with Crippen molar-refractivity contribution in [3.63, 3.8) is 0 Å². The SMILES string of the molecule is C=CC(NCCC)C1C2C3CCC(C3)C21. The Bertz CT molecular complexity index is 244.